The van der Waals surface area contributed by atoms with E-state index in [1.807, 2.05) is 14.1 Å². The monoisotopic (exact) mass is 349 g/mol. The van der Waals surface area contributed by atoms with Gasteiger partial charge in [-0.25, -0.2) is 0 Å². The second kappa shape index (κ2) is 20.3. The molecule has 0 amide bonds. The first-order valence-electron chi connectivity index (χ1n) is 10.2. The standard InChI is InChI=1S/C20H43NO.ClH/c1-4-5-6-7-8-9-10-11-12-13-14-15-16-17-18-19-20(22)21(2)3;/h20,22H,4-19H2,1-3H3;1H. The van der Waals surface area contributed by atoms with Crippen LogP contribution in [0.2, 0.25) is 0 Å². The molecule has 0 saturated carbocycles. The minimum absolute atomic E-state index is 0. The van der Waals surface area contributed by atoms with Gasteiger partial charge < -0.3 is 22.4 Å². The Bertz CT molecular complexity index is 212. The predicted octanol–water partition coefficient (Wildman–Crippen LogP) is 1.71. The summed E-state index contributed by atoms with van der Waals surface area (Å²) in [6.07, 6.45) is 21.8. The molecule has 0 aromatic rings. The Labute approximate surface area is 152 Å². The Morgan fingerprint density at radius 1 is 0.609 bits per heavy atom. The minimum Gasteiger partial charge on any atom is -1.00 e. The summed E-state index contributed by atoms with van der Waals surface area (Å²) in [5.74, 6) is 0. The average molecular weight is 350 g/mol. The summed E-state index contributed by atoms with van der Waals surface area (Å²) in [7, 11) is 4.05. The molecule has 0 heterocycles. The molecule has 0 aromatic carbocycles. The summed E-state index contributed by atoms with van der Waals surface area (Å²) in [6, 6.07) is 0. The maximum absolute atomic E-state index is 9.69. The highest BCUT2D eigenvalue weighted by atomic mass is 35.5. The first-order chi connectivity index (χ1) is 10.7. The second-order valence-corrected chi connectivity index (χ2v) is 7.33. The Kier molecular flexibility index (Phi) is 22.4. The van der Waals surface area contributed by atoms with Gasteiger partial charge in [0, 0.05) is 6.42 Å². The van der Waals surface area contributed by atoms with Crippen LogP contribution in [-0.2, 0) is 0 Å². The van der Waals surface area contributed by atoms with Gasteiger partial charge in [-0.05, 0) is 6.42 Å². The average Bonchev–Trinajstić information content (AvgIpc) is 2.50. The Morgan fingerprint density at radius 2 is 0.913 bits per heavy atom. The molecule has 1 unspecified atom stereocenters. The molecule has 0 aliphatic rings. The van der Waals surface area contributed by atoms with Crippen LogP contribution in [0, 0.1) is 0 Å². The number of halogens is 1. The van der Waals surface area contributed by atoms with E-state index in [-0.39, 0.29) is 18.6 Å². The molecule has 142 valence electrons. The van der Waals surface area contributed by atoms with Gasteiger partial charge in [-0.3, -0.25) is 0 Å². The van der Waals surface area contributed by atoms with E-state index in [2.05, 4.69) is 6.92 Å². The van der Waals surface area contributed by atoms with E-state index in [0.29, 0.717) is 0 Å². The van der Waals surface area contributed by atoms with E-state index in [9.17, 15) is 5.11 Å². The van der Waals surface area contributed by atoms with Crippen LogP contribution in [0.1, 0.15) is 110 Å². The number of rotatable bonds is 17. The zero-order chi connectivity index (χ0) is 16.5. The summed E-state index contributed by atoms with van der Waals surface area (Å²) in [5.41, 5.74) is 0. The lowest BCUT2D eigenvalue weighted by atomic mass is 10.0. The number of hydrogen-bond acceptors (Lipinski definition) is 1. The topological polar surface area (TPSA) is 24.7 Å². The molecule has 3 heteroatoms. The Hall–Kier alpha value is 0.210. The normalized spacial score (nSPS) is 12.4. The Morgan fingerprint density at radius 3 is 1.22 bits per heavy atom. The molecule has 0 bridgehead atoms. The van der Waals surface area contributed by atoms with Gasteiger partial charge in [0.25, 0.3) is 0 Å². The van der Waals surface area contributed by atoms with E-state index in [4.69, 9.17) is 0 Å². The summed E-state index contributed by atoms with van der Waals surface area (Å²) >= 11 is 0. The fraction of sp³-hybridized carbons (Fsp3) is 1.00. The molecule has 0 rings (SSSR count). The van der Waals surface area contributed by atoms with Gasteiger partial charge in [-0.2, -0.15) is 0 Å². The third-order valence-electron chi connectivity index (χ3n) is 4.75. The molecule has 0 aliphatic carbocycles. The molecule has 0 radical (unpaired) electrons. The summed E-state index contributed by atoms with van der Waals surface area (Å²) < 4.78 is 0. The number of aliphatic hydroxyl groups excluding tert-OH is 1. The van der Waals surface area contributed by atoms with E-state index < -0.39 is 0 Å². The molecule has 0 aromatic heterocycles. The van der Waals surface area contributed by atoms with Gasteiger partial charge >= 0.3 is 0 Å². The van der Waals surface area contributed by atoms with Gasteiger partial charge in [0.2, 0.25) is 0 Å². The smallest absolute Gasteiger partial charge is 0.188 e. The lowest BCUT2D eigenvalue weighted by Gasteiger charge is -2.14. The molecule has 2 N–H and O–H groups in total. The predicted molar refractivity (Wildman–Crippen MR) is 98.4 cm³/mol. The number of unbranched alkanes of at least 4 members (excludes halogenated alkanes) is 14. The SMILES string of the molecule is CCCCCCCCCCCCCCCCCC(O)[NH+](C)C.[Cl-]. The Balaban J connectivity index is 0. The van der Waals surface area contributed by atoms with Crippen molar-refractivity contribution in [3.8, 4) is 0 Å². The molecular weight excluding hydrogens is 306 g/mol. The van der Waals surface area contributed by atoms with E-state index in [1.54, 1.807) is 0 Å². The van der Waals surface area contributed by atoms with Crippen LogP contribution in [0.25, 0.3) is 0 Å². The van der Waals surface area contributed by atoms with Crippen molar-refractivity contribution in [1.29, 1.82) is 0 Å². The summed E-state index contributed by atoms with van der Waals surface area (Å²) in [6.45, 7) is 2.29. The maximum atomic E-state index is 9.69. The number of aliphatic hydroxyl groups is 1. The van der Waals surface area contributed by atoms with E-state index >= 15 is 0 Å². The molecule has 0 spiro atoms. The van der Waals surface area contributed by atoms with Crippen molar-refractivity contribution in [3.05, 3.63) is 0 Å². The third-order valence-corrected chi connectivity index (χ3v) is 4.75. The molecule has 2 nitrogen and oxygen atoms in total. The van der Waals surface area contributed by atoms with Crippen LogP contribution in [0.5, 0.6) is 0 Å². The van der Waals surface area contributed by atoms with Crippen molar-refractivity contribution in [2.45, 2.75) is 116 Å². The van der Waals surface area contributed by atoms with Crippen LogP contribution in [-0.4, -0.2) is 25.4 Å². The summed E-state index contributed by atoms with van der Waals surface area (Å²) in [4.78, 5) is 1.16. The van der Waals surface area contributed by atoms with Crippen molar-refractivity contribution in [2.24, 2.45) is 0 Å². The van der Waals surface area contributed by atoms with Crippen molar-refractivity contribution in [3.63, 3.8) is 0 Å². The zero-order valence-corrected chi connectivity index (χ0v) is 17.0. The number of nitrogens with one attached hydrogen (secondary N) is 1. The highest BCUT2D eigenvalue weighted by Gasteiger charge is 2.08. The third kappa shape index (κ3) is 20.2. The lowest BCUT2D eigenvalue weighted by molar-refractivity contribution is -0.910. The van der Waals surface area contributed by atoms with Crippen LogP contribution in [0.3, 0.4) is 0 Å². The van der Waals surface area contributed by atoms with Crippen molar-refractivity contribution in [1.82, 2.24) is 0 Å². The molecule has 1 atom stereocenters. The highest BCUT2D eigenvalue weighted by molar-refractivity contribution is 4.50. The van der Waals surface area contributed by atoms with Crippen molar-refractivity contribution in [2.75, 3.05) is 14.1 Å². The highest BCUT2D eigenvalue weighted by Crippen LogP contribution is 2.13. The van der Waals surface area contributed by atoms with Crippen LogP contribution >= 0.6 is 0 Å². The second-order valence-electron chi connectivity index (χ2n) is 7.33. The van der Waals surface area contributed by atoms with Crippen molar-refractivity contribution < 1.29 is 22.4 Å². The van der Waals surface area contributed by atoms with Crippen LogP contribution < -0.4 is 17.3 Å². The van der Waals surface area contributed by atoms with Crippen LogP contribution in [0.15, 0.2) is 0 Å². The first-order valence-corrected chi connectivity index (χ1v) is 10.2. The molecule has 0 saturated heterocycles. The zero-order valence-electron chi connectivity index (χ0n) is 16.2. The van der Waals surface area contributed by atoms with E-state index in [0.717, 1.165) is 11.3 Å². The van der Waals surface area contributed by atoms with Gasteiger partial charge in [-0.15, -0.1) is 0 Å². The van der Waals surface area contributed by atoms with Gasteiger partial charge in [0.15, 0.2) is 6.23 Å². The first kappa shape index (κ1) is 25.5. The fourth-order valence-corrected chi connectivity index (χ4v) is 3.00. The van der Waals surface area contributed by atoms with E-state index in [1.165, 1.54) is 96.3 Å². The van der Waals surface area contributed by atoms with Gasteiger partial charge in [0.05, 0.1) is 14.1 Å². The molecule has 0 aliphatic heterocycles. The number of hydrogen-bond donors (Lipinski definition) is 2. The minimum atomic E-state index is -0.165. The fourth-order valence-electron chi connectivity index (χ4n) is 3.00. The lowest BCUT2D eigenvalue weighted by Crippen LogP contribution is -3.10. The summed E-state index contributed by atoms with van der Waals surface area (Å²) in [5, 5.41) is 9.69. The molecule has 23 heavy (non-hydrogen) atoms. The van der Waals surface area contributed by atoms with Gasteiger partial charge in [0.1, 0.15) is 0 Å². The van der Waals surface area contributed by atoms with Crippen molar-refractivity contribution >= 4 is 0 Å². The number of quaternary nitrogens is 1. The molecular formula is C20H44ClNO. The van der Waals surface area contributed by atoms with Gasteiger partial charge in [-0.1, -0.05) is 96.8 Å². The largest absolute Gasteiger partial charge is 1.00 e. The van der Waals surface area contributed by atoms with Crippen LogP contribution in [0.4, 0.5) is 0 Å². The molecule has 0 fully saturated rings. The quantitative estimate of drug-likeness (QED) is 0.303. The maximum Gasteiger partial charge on any atom is 0.188 e.